The molecule has 0 fully saturated rings. The number of pyridine rings is 1. The highest BCUT2D eigenvalue weighted by atomic mass is 35.5. The molecule has 0 saturated carbocycles. The molecule has 1 N–H and O–H groups in total. The van der Waals surface area contributed by atoms with Crippen LogP contribution in [0.3, 0.4) is 0 Å². The van der Waals surface area contributed by atoms with Crippen LogP contribution in [0.5, 0.6) is 11.5 Å². The monoisotopic (exact) mass is 262 g/mol. The van der Waals surface area contributed by atoms with Crippen molar-refractivity contribution < 1.29 is 4.74 Å². The van der Waals surface area contributed by atoms with Crippen LogP contribution in [-0.2, 0) is 0 Å². The maximum atomic E-state index is 5.97. The van der Waals surface area contributed by atoms with Gasteiger partial charge in [0, 0.05) is 23.8 Å². The minimum absolute atomic E-state index is 0.741. The molecule has 1 heterocycles. The van der Waals surface area contributed by atoms with Crippen LogP contribution >= 0.6 is 11.6 Å². The molecule has 1 aromatic carbocycles. The third-order valence-corrected chi connectivity index (χ3v) is 2.88. The summed E-state index contributed by atoms with van der Waals surface area (Å²) in [5.74, 6) is 2.33. The van der Waals surface area contributed by atoms with E-state index in [9.17, 15) is 0 Å². The fourth-order valence-electron chi connectivity index (χ4n) is 1.57. The molecule has 0 bridgehead atoms. The first-order chi connectivity index (χ1) is 8.69. The lowest BCUT2D eigenvalue weighted by Gasteiger charge is -2.08. The molecule has 4 heteroatoms. The molecule has 2 aromatic rings. The smallest absolute Gasteiger partial charge is 0.132 e. The predicted octanol–water partition coefficient (Wildman–Crippen LogP) is 4.27. The van der Waals surface area contributed by atoms with Gasteiger partial charge in [-0.25, -0.2) is 4.98 Å². The van der Waals surface area contributed by atoms with Crippen molar-refractivity contribution in [1.29, 1.82) is 0 Å². The Balaban J connectivity index is 2.17. The molecule has 0 aliphatic heterocycles. The second-order valence-corrected chi connectivity index (χ2v) is 4.33. The zero-order chi connectivity index (χ0) is 13.0. The second-order valence-electron chi connectivity index (χ2n) is 3.92. The quantitative estimate of drug-likeness (QED) is 0.894. The Labute approximate surface area is 112 Å². The molecule has 2 rings (SSSR count). The molecule has 0 amide bonds. The van der Waals surface area contributed by atoms with E-state index in [1.807, 2.05) is 44.2 Å². The van der Waals surface area contributed by atoms with Crippen LogP contribution < -0.4 is 10.1 Å². The van der Waals surface area contributed by atoms with Crippen LogP contribution in [0.2, 0.25) is 5.02 Å². The minimum atomic E-state index is 0.741. The molecule has 0 aliphatic rings. The van der Waals surface area contributed by atoms with Gasteiger partial charge in [-0.3, -0.25) is 0 Å². The molecule has 0 spiro atoms. The standard InChI is InChI=1S/C14H15ClN2O/c1-3-16-14-9-12(6-7-17-14)18-11-4-5-13(15)10(2)8-11/h4-9H,3H2,1-2H3,(H,16,17). The normalized spacial score (nSPS) is 10.2. The number of benzene rings is 1. The summed E-state index contributed by atoms with van der Waals surface area (Å²) >= 11 is 5.97. The lowest BCUT2D eigenvalue weighted by molar-refractivity contribution is 0.482. The molecule has 3 nitrogen and oxygen atoms in total. The predicted molar refractivity (Wildman–Crippen MR) is 74.7 cm³/mol. The van der Waals surface area contributed by atoms with Crippen molar-refractivity contribution in [2.24, 2.45) is 0 Å². The summed E-state index contributed by atoms with van der Waals surface area (Å²) in [4.78, 5) is 4.19. The van der Waals surface area contributed by atoms with Crippen molar-refractivity contribution in [3.63, 3.8) is 0 Å². The summed E-state index contributed by atoms with van der Waals surface area (Å²) in [6.45, 7) is 4.81. The Hall–Kier alpha value is -1.74. The number of anilines is 1. The van der Waals surface area contributed by atoms with Crippen molar-refractivity contribution in [2.75, 3.05) is 11.9 Å². The van der Waals surface area contributed by atoms with Crippen LogP contribution in [0.1, 0.15) is 12.5 Å². The van der Waals surface area contributed by atoms with Gasteiger partial charge in [-0.15, -0.1) is 0 Å². The number of ether oxygens (including phenoxy) is 1. The summed E-state index contributed by atoms with van der Waals surface area (Å²) in [5.41, 5.74) is 0.995. The van der Waals surface area contributed by atoms with E-state index in [1.54, 1.807) is 6.20 Å². The van der Waals surface area contributed by atoms with Crippen molar-refractivity contribution in [3.8, 4) is 11.5 Å². The van der Waals surface area contributed by atoms with Gasteiger partial charge in [0.1, 0.15) is 17.3 Å². The van der Waals surface area contributed by atoms with E-state index >= 15 is 0 Å². The van der Waals surface area contributed by atoms with Gasteiger partial charge >= 0.3 is 0 Å². The molecule has 0 unspecified atom stereocenters. The lowest BCUT2D eigenvalue weighted by Crippen LogP contribution is -1.98. The number of rotatable bonds is 4. The van der Waals surface area contributed by atoms with E-state index < -0.39 is 0 Å². The van der Waals surface area contributed by atoms with Gasteiger partial charge in [0.05, 0.1) is 0 Å². The van der Waals surface area contributed by atoms with Gasteiger partial charge in [0.15, 0.2) is 0 Å². The Morgan fingerprint density at radius 3 is 2.72 bits per heavy atom. The highest BCUT2D eigenvalue weighted by molar-refractivity contribution is 6.31. The largest absolute Gasteiger partial charge is 0.457 e. The van der Waals surface area contributed by atoms with Crippen molar-refractivity contribution in [3.05, 3.63) is 47.1 Å². The van der Waals surface area contributed by atoms with Crippen molar-refractivity contribution >= 4 is 17.4 Å². The number of halogens is 1. The third kappa shape index (κ3) is 3.14. The molecule has 0 saturated heterocycles. The highest BCUT2D eigenvalue weighted by Gasteiger charge is 2.02. The topological polar surface area (TPSA) is 34.1 Å². The Morgan fingerprint density at radius 1 is 1.22 bits per heavy atom. The van der Waals surface area contributed by atoms with E-state index in [0.717, 1.165) is 34.4 Å². The fraction of sp³-hybridized carbons (Fsp3) is 0.214. The maximum absolute atomic E-state index is 5.97. The average molecular weight is 263 g/mol. The first-order valence-corrected chi connectivity index (χ1v) is 6.21. The number of nitrogens with one attached hydrogen (secondary N) is 1. The number of hydrogen-bond acceptors (Lipinski definition) is 3. The Kier molecular flexibility index (Phi) is 4.05. The molecular weight excluding hydrogens is 248 g/mol. The third-order valence-electron chi connectivity index (χ3n) is 2.45. The highest BCUT2D eigenvalue weighted by Crippen LogP contribution is 2.26. The summed E-state index contributed by atoms with van der Waals surface area (Å²) in [7, 11) is 0. The first-order valence-electron chi connectivity index (χ1n) is 5.83. The molecule has 1 aromatic heterocycles. The van der Waals surface area contributed by atoms with Gasteiger partial charge in [0.25, 0.3) is 0 Å². The van der Waals surface area contributed by atoms with Crippen LogP contribution in [0.4, 0.5) is 5.82 Å². The van der Waals surface area contributed by atoms with Gasteiger partial charge < -0.3 is 10.1 Å². The zero-order valence-electron chi connectivity index (χ0n) is 10.4. The lowest BCUT2D eigenvalue weighted by atomic mass is 10.2. The average Bonchev–Trinajstić information content (AvgIpc) is 2.35. The van der Waals surface area contributed by atoms with Gasteiger partial charge in [-0.05, 0) is 43.7 Å². The number of nitrogens with zero attached hydrogens (tertiary/aromatic N) is 1. The van der Waals surface area contributed by atoms with Gasteiger partial charge in [-0.2, -0.15) is 0 Å². The van der Waals surface area contributed by atoms with E-state index in [-0.39, 0.29) is 0 Å². The first kappa shape index (κ1) is 12.7. The second kappa shape index (κ2) is 5.74. The summed E-state index contributed by atoms with van der Waals surface area (Å²) in [6.07, 6.45) is 1.72. The van der Waals surface area contributed by atoms with Crippen molar-refractivity contribution in [2.45, 2.75) is 13.8 Å². The van der Waals surface area contributed by atoms with E-state index in [2.05, 4.69) is 10.3 Å². The van der Waals surface area contributed by atoms with Crippen LogP contribution in [0.15, 0.2) is 36.5 Å². The Morgan fingerprint density at radius 2 is 2.00 bits per heavy atom. The number of hydrogen-bond donors (Lipinski definition) is 1. The molecular formula is C14H15ClN2O. The van der Waals surface area contributed by atoms with E-state index in [4.69, 9.17) is 16.3 Å². The minimum Gasteiger partial charge on any atom is -0.457 e. The summed E-state index contributed by atoms with van der Waals surface area (Å²) in [6, 6.07) is 9.29. The van der Waals surface area contributed by atoms with E-state index in [0.29, 0.717) is 0 Å². The summed E-state index contributed by atoms with van der Waals surface area (Å²) in [5, 5.41) is 3.88. The SMILES string of the molecule is CCNc1cc(Oc2ccc(Cl)c(C)c2)ccn1. The van der Waals surface area contributed by atoms with Crippen molar-refractivity contribution in [1.82, 2.24) is 4.98 Å². The number of aryl methyl sites for hydroxylation is 1. The molecule has 94 valence electrons. The van der Waals surface area contributed by atoms with E-state index in [1.165, 1.54) is 0 Å². The number of aromatic nitrogens is 1. The van der Waals surface area contributed by atoms with Crippen LogP contribution in [0, 0.1) is 6.92 Å². The molecule has 18 heavy (non-hydrogen) atoms. The molecule has 0 radical (unpaired) electrons. The summed E-state index contributed by atoms with van der Waals surface area (Å²) < 4.78 is 5.76. The van der Waals surface area contributed by atoms with Crippen LogP contribution in [-0.4, -0.2) is 11.5 Å². The van der Waals surface area contributed by atoms with Gasteiger partial charge in [-0.1, -0.05) is 11.6 Å². The molecule has 0 aliphatic carbocycles. The van der Waals surface area contributed by atoms with Gasteiger partial charge in [0.2, 0.25) is 0 Å². The molecule has 0 atom stereocenters. The Bertz CT molecular complexity index is 543. The zero-order valence-corrected chi connectivity index (χ0v) is 11.2. The van der Waals surface area contributed by atoms with Crippen LogP contribution in [0.25, 0.3) is 0 Å². The maximum Gasteiger partial charge on any atom is 0.132 e. The fourth-order valence-corrected chi connectivity index (χ4v) is 1.69.